The Bertz CT molecular complexity index is 1380. The summed E-state index contributed by atoms with van der Waals surface area (Å²) in [7, 11) is 0. The van der Waals surface area contributed by atoms with E-state index in [-0.39, 0.29) is 45.0 Å². The average Bonchev–Trinajstić information content (AvgIpc) is 3.57. The van der Waals surface area contributed by atoms with Crippen LogP contribution < -0.4 is 5.32 Å². The minimum Gasteiger partial charge on any atom is -0.377 e. The van der Waals surface area contributed by atoms with Gasteiger partial charge in [0, 0.05) is 34.8 Å². The predicted octanol–water partition coefficient (Wildman–Crippen LogP) is 7.63. The average molecular weight is 613 g/mol. The van der Waals surface area contributed by atoms with E-state index >= 15 is 0 Å². The summed E-state index contributed by atoms with van der Waals surface area (Å²) >= 11 is 12.3. The van der Waals surface area contributed by atoms with Crippen LogP contribution in [0.2, 0.25) is 0 Å². The topological polar surface area (TPSA) is 75.5 Å². The second-order valence-corrected chi connectivity index (χ2v) is 12.9. The van der Waals surface area contributed by atoms with Gasteiger partial charge in [0.1, 0.15) is 0 Å². The van der Waals surface area contributed by atoms with E-state index in [4.69, 9.17) is 11.6 Å². The van der Waals surface area contributed by atoms with Crippen LogP contribution in [0.25, 0.3) is 0 Å². The lowest BCUT2D eigenvalue weighted by atomic mass is 9.76. The maximum atomic E-state index is 13.6. The molecular formula is C29H27BrClN3O3S. The zero-order chi connectivity index (χ0) is 26.4. The number of nitro groups is 1. The molecule has 1 saturated heterocycles. The summed E-state index contributed by atoms with van der Waals surface area (Å²) in [5.74, 6) is 0.242. The van der Waals surface area contributed by atoms with Gasteiger partial charge in [-0.1, -0.05) is 52.3 Å². The van der Waals surface area contributed by atoms with Gasteiger partial charge in [0.25, 0.3) is 11.6 Å². The third-order valence-electron chi connectivity index (χ3n) is 8.04. The number of halogens is 2. The number of thioether (sulfide) groups is 1. The van der Waals surface area contributed by atoms with Crippen molar-refractivity contribution in [2.75, 3.05) is 18.4 Å². The van der Waals surface area contributed by atoms with E-state index < -0.39 is 0 Å². The standard InChI is InChI=1S/C29H27BrClN3O3S/c30-18-12-10-17(11-13-18)27-21-16-24(38-23-9-2-1-8-22(23)34(36)37)26(31)25(21)19-6-5-7-20(28(19)32-27)29(35)33-14-3-4-15-33/h1-2,5-13,21,24-27,32H,3-4,14-16H2/t21-,24-,25+,26-,27+/m1/s1. The molecule has 0 bridgehead atoms. The molecule has 6 nitrogen and oxygen atoms in total. The maximum Gasteiger partial charge on any atom is 0.282 e. The lowest BCUT2D eigenvalue weighted by Crippen LogP contribution is -2.34. The van der Waals surface area contributed by atoms with E-state index in [0.717, 1.165) is 53.6 Å². The number of benzene rings is 3. The second kappa shape index (κ2) is 10.5. The van der Waals surface area contributed by atoms with E-state index in [1.54, 1.807) is 18.2 Å². The third kappa shape index (κ3) is 4.61. The molecule has 0 radical (unpaired) electrons. The van der Waals surface area contributed by atoms with Crippen molar-refractivity contribution in [1.82, 2.24) is 4.90 Å². The van der Waals surface area contributed by atoms with Crippen LogP contribution in [0.1, 0.15) is 52.7 Å². The highest BCUT2D eigenvalue weighted by Crippen LogP contribution is 2.58. The van der Waals surface area contributed by atoms with Crippen LogP contribution in [0.3, 0.4) is 0 Å². The predicted molar refractivity (Wildman–Crippen MR) is 155 cm³/mol. The van der Waals surface area contributed by atoms with Crippen molar-refractivity contribution >= 4 is 56.6 Å². The largest absolute Gasteiger partial charge is 0.377 e. The number of nitro benzene ring substituents is 1. The lowest BCUT2D eigenvalue weighted by molar-refractivity contribution is -0.387. The van der Waals surface area contributed by atoms with Crippen LogP contribution in [-0.2, 0) is 0 Å². The Hall–Kier alpha value is -2.55. The molecule has 0 aromatic heterocycles. The number of para-hydroxylation sites is 2. The molecule has 196 valence electrons. The zero-order valence-corrected chi connectivity index (χ0v) is 23.7. The fourth-order valence-corrected chi connectivity index (χ4v) is 8.49. The molecule has 3 aromatic carbocycles. The number of rotatable bonds is 5. The number of fused-ring (bicyclic) bond motifs is 3. The van der Waals surface area contributed by atoms with Crippen LogP contribution in [0.5, 0.6) is 0 Å². The Morgan fingerprint density at radius 3 is 2.53 bits per heavy atom. The first-order chi connectivity index (χ1) is 18.4. The maximum absolute atomic E-state index is 13.6. The summed E-state index contributed by atoms with van der Waals surface area (Å²) in [6.07, 6.45) is 2.87. The monoisotopic (exact) mass is 611 g/mol. The van der Waals surface area contributed by atoms with Crippen LogP contribution in [0.15, 0.2) is 76.1 Å². The summed E-state index contributed by atoms with van der Waals surface area (Å²) < 4.78 is 1.00. The number of nitrogens with one attached hydrogen (secondary N) is 1. The molecule has 3 aliphatic rings. The van der Waals surface area contributed by atoms with Gasteiger partial charge in [-0.05, 0) is 60.6 Å². The number of hydrogen-bond acceptors (Lipinski definition) is 5. The first-order valence-corrected chi connectivity index (χ1v) is 15.0. The van der Waals surface area contributed by atoms with Crippen molar-refractivity contribution in [2.45, 2.75) is 46.7 Å². The van der Waals surface area contributed by atoms with Gasteiger partial charge in [0.2, 0.25) is 0 Å². The minimum atomic E-state index is -0.328. The molecule has 3 aromatic rings. The van der Waals surface area contributed by atoms with E-state index in [1.807, 2.05) is 35.2 Å². The van der Waals surface area contributed by atoms with Crippen molar-refractivity contribution < 1.29 is 9.72 Å². The number of hydrogen-bond donors (Lipinski definition) is 1. The summed E-state index contributed by atoms with van der Waals surface area (Å²) in [5, 5.41) is 15.2. The summed E-state index contributed by atoms with van der Waals surface area (Å²) in [6, 6.07) is 21.1. The number of anilines is 1. The Kier molecular flexibility index (Phi) is 7.14. The van der Waals surface area contributed by atoms with Crippen molar-refractivity contribution in [2.24, 2.45) is 5.92 Å². The van der Waals surface area contributed by atoms with Crippen molar-refractivity contribution in [3.63, 3.8) is 0 Å². The van der Waals surface area contributed by atoms with Crippen LogP contribution in [0.4, 0.5) is 11.4 Å². The molecule has 2 aliphatic heterocycles. The smallest absolute Gasteiger partial charge is 0.282 e. The van der Waals surface area contributed by atoms with Crippen molar-refractivity contribution in [1.29, 1.82) is 0 Å². The quantitative estimate of drug-likeness (QED) is 0.182. The van der Waals surface area contributed by atoms with Crippen LogP contribution >= 0.6 is 39.3 Å². The lowest BCUT2D eigenvalue weighted by Gasteiger charge is -2.39. The summed E-state index contributed by atoms with van der Waals surface area (Å²) in [6.45, 7) is 1.58. The molecule has 1 N–H and O–H groups in total. The van der Waals surface area contributed by atoms with Gasteiger partial charge in [0.15, 0.2) is 0 Å². The van der Waals surface area contributed by atoms with Crippen LogP contribution in [-0.4, -0.2) is 39.4 Å². The highest BCUT2D eigenvalue weighted by molar-refractivity contribution is 9.10. The first kappa shape index (κ1) is 25.7. The minimum absolute atomic E-state index is 0.00756. The summed E-state index contributed by atoms with van der Waals surface area (Å²) in [4.78, 5) is 27.5. The van der Waals surface area contributed by atoms with Gasteiger partial charge in [-0.3, -0.25) is 14.9 Å². The number of amides is 1. The van der Waals surface area contributed by atoms with Gasteiger partial charge >= 0.3 is 0 Å². The fourth-order valence-electron chi connectivity index (χ4n) is 6.28. The van der Waals surface area contributed by atoms with E-state index in [0.29, 0.717) is 10.5 Å². The molecule has 2 heterocycles. The molecule has 1 saturated carbocycles. The molecule has 5 atom stereocenters. The van der Waals surface area contributed by atoms with Gasteiger partial charge in [0.05, 0.1) is 32.5 Å². The number of alkyl halides is 1. The van der Waals surface area contributed by atoms with Gasteiger partial charge in [-0.25, -0.2) is 0 Å². The normalized spacial score (nSPS) is 25.9. The Balaban J connectivity index is 1.41. The highest BCUT2D eigenvalue weighted by atomic mass is 79.9. The molecule has 9 heteroatoms. The van der Waals surface area contributed by atoms with Crippen molar-refractivity contribution in [3.05, 3.63) is 98.0 Å². The van der Waals surface area contributed by atoms with E-state index in [2.05, 4.69) is 39.4 Å². The highest BCUT2D eigenvalue weighted by Gasteiger charge is 2.51. The number of carbonyl (C=O) groups excluding carboxylic acids is 1. The Labute approximate surface area is 239 Å². The van der Waals surface area contributed by atoms with Gasteiger partial charge < -0.3 is 10.2 Å². The third-order valence-corrected chi connectivity index (χ3v) is 10.7. The number of carbonyl (C=O) groups is 1. The molecule has 1 aliphatic carbocycles. The SMILES string of the molecule is O=C(c1cccc2c1N[C@@H](c1ccc(Br)cc1)[C@@H]1C[C@@H](Sc3ccccc3[N+](=O)[O-])[C@@H](Cl)[C@@H]21)N1CCCC1. The summed E-state index contributed by atoms with van der Waals surface area (Å²) in [5.41, 5.74) is 3.89. The number of likely N-dealkylation sites (tertiary alicyclic amines) is 1. The molecular weight excluding hydrogens is 586 g/mol. The molecule has 0 spiro atoms. The van der Waals surface area contributed by atoms with Crippen LogP contribution in [0, 0.1) is 16.0 Å². The number of nitrogens with zero attached hydrogens (tertiary/aromatic N) is 2. The van der Waals surface area contributed by atoms with E-state index in [1.165, 1.54) is 11.8 Å². The molecule has 38 heavy (non-hydrogen) atoms. The van der Waals surface area contributed by atoms with Gasteiger partial charge in [-0.15, -0.1) is 23.4 Å². The Morgan fingerprint density at radius 2 is 1.79 bits per heavy atom. The van der Waals surface area contributed by atoms with Gasteiger partial charge in [-0.2, -0.15) is 0 Å². The van der Waals surface area contributed by atoms with E-state index in [9.17, 15) is 14.9 Å². The molecule has 6 rings (SSSR count). The zero-order valence-electron chi connectivity index (χ0n) is 20.6. The Morgan fingerprint density at radius 1 is 1.05 bits per heavy atom. The molecule has 0 unspecified atom stereocenters. The molecule has 2 fully saturated rings. The molecule has 1 amide bonds. The fraction of sp³-hybridized carbons (Fsp3) is 0.345. The second-order valence-electron chi connectivity index (χ2n) is 10.2. The van der Waals surface area contributed by atoms with Crippen molar-refractivity contribution in [3.8, 4) is 0 Å². The first-order valence-electron chi connectivity index (χ1n) is 12.9.